The average Bonchev–Trinajstić information content (AvgIpc) is 2.47. The van der Waals surface area contributed by atoms with Gasteiger partial charge in [-0.25, -0.2) is 0 Å². The molecule has 0 spiro atoms. The number of aliphatic hydroxyl groups is 1. The summed E-state index contributed by atoms with van der Waals surface area (Å²) >= 11 is 0. The van der Waals surface area contributed by atoms with Crippen molar-refractivity contribution in [2.45, 2.75) is 58.3 Å². The molecule has 0 heterocycles. The molecule has 2 nitrogen and oxygen atoms in total. The summed E-state index contributed by atoms with van der Waals surface area (Å²) in [6, 6.07) is 4.14. The number of phenols is 1. The first-order chi connectivity index (χ1) is 10.3. The van der Waals surface area contributed by atoms with Crippen LogP contribution in [-0.4, -0.2) is 16.8 Å². The number of benzene rings is 1. The lowest BCUT2D eigenvalue weighted by molar-refractivity contribution is 0.0170. The van der Waals surface area contributed by atoms with Crippen molar-refractivity contribution >= 4 is 6.08 Å². The van der Waals surface area contributed by atoms with Crippen LogP contribution in [0.4, 0.5) is 0 Å². The van der Waals surface area contributed by atoms with Crippen molar-refractivity contribution in [1.29, 1.82) is 0 Å². The van der Waals surface area contributed by atoms with E-state index in [1.807, 2.05) is 6.07 Å². The van der Waals surface area contributed by atoms with E-state index in [1.54, 1.807) is 0 Å². The zero-order chi connectivity index (χ0) is 16.1. The van der Waals surface area contributed by atoms with Gasteiger partial charge in [-0.05, 0) is 58.9 Å². The van der Waals surface area contributed by atoms with Crippen molar-refractivity contribution in [3.8, 4) is 5.75 Å². The summed E-state index contributed by atoms with van der Waals surface area (Å²) < 4.78 is 0. The number of aliphatic hydroxyl groups excluding tert-OH is 1. The van der Waals surface area contributed by atoms with Gasteiger partial charge in [0.2, 0.25) is 0 Å². The Labute approximate surface area is 133 Å². The molecule has 0 amide bonds. The van der Waals surface area contributed by atoms with Gasteiger partial charge in [-0.15, -0.1) is 0 Å². The summed E-state index contributed by atoms with van der Waals surface area (Å²) in [5.74, 6) is 1.06. The second-order valence-corrected chi connectivity index (χ2v) is 8.07. The maximum atomic E-state index is 10.5. The largest absolute Gasteiger partial charge is 0.508 e. The number of fused-ring (bicyclic) bond motifs is 3. The normalized spacial score (nSPS) is 33.6. The number of allylic oxidation sites excluding steroid dienone is 1. The van der Waals surface area contributed by atoms with E-state index in [4.69, 9.17) is 0 Å². The third kappa shape index (κ3) is 2.11. The minimum atomic E-state index is -0.0620. The van der Waals surface area contributed by atoms with Gasteiger partial charge in [-0.1, -0.05) is 46.3 Å². The highest BCUT2D eigenvalue weighted by Gasteiger charge is 2.50. The summed E-state index contributed by atoms with van der Waals surface area (Å²) in [6.07, 6.45) is 7.82. The van der Waals surface area contributed by atoms with Crippen molar-refractivity contribution in [1.82, 2.24) is 0 Å². The molecule has 1 saturated carbocycles. The van der Waals surface area contributed by atoms with Gasteiger partial charge in [0.1, 0.15) is 5.75 Å². The molecule has 0 unspecified atom stereocenters. The summed E-state index contributed by atoms with van der Waals surface area (Å²) in [4.78, 5) is 0. The Bertz CT molecular complexity index is 616. The highest BCUT2D eigenvalue weighted by Crippen LogP contribution is 2.56. The van der Waals surface area contributed by atoms with Gasteiger partial charge in [0, 0.05) is 12.0 Å². The smallest absolute Gasteiger partial charge is 0.119 e. The zero-order valence-electron chi connectivity index (χ0n) is 14.2. The van der Waals surface area contributed by atoms with Crippen LogP contribution in [0, 0.1) is 11.3 Å². The Balaban J connectivity index is 2.15. The minimum absolute atomic E-state index is 0.00675. The maximum Gasteiger partial charge on any atom is 0.119 e. The van der Waals surface area contributed by atoms with Crippen LogP contribution in [0.2, 0.25) is 0 Å². The van der Waals surface area contributed by atoms with Crippen LogP contribution < -0.4 is 0 Å². The van der Waals surface area contributed by atoms with Crippen LogP contribution in [-0.2, 0) is 5.41 Å². The molecule has 1 aromatic carbocycles. The Morgan fingerprint density at radius 1 is 1.23 bits per heavy atom. The summed E-state index contributed by atoms with van der Waals surface area (Å²) in [6.45, 7) is 8.96. The van der Waals surface area contributed by atoms with Gasteiger partial charge in [0.25, 0.3) is 0 Å². The second kappa shape index (κ2) is 5.13. The summed E-state index contributed by atoms with van der Waals surface area (Å²) in [7, 11) is 0. The number of rotatable bonds is 2. The maximum absolute atomic E-state index is 10.5. The lowest BCUT2D eigenvalue weighted by Crippen LogP contribution is -2.48. The van der Waals surface area contributed by atoms with Crippen molar-refractivity contribution in [2.24, 2.45) is 11.3 Å². The second-order valence-electron chi connectivity index (χ2n) is 8.07. The Morgan fingerprint density at radius 3 is 2.59 bits per heavy atom. The van der Waals surface area contributed by atoms with Crippen molar-refractivity contribution in [3.63, 3.8) is 0 Å². The molecule has 1 aromatic rings. The fourth-order valence-corrected chi connectivity index (χ4v) is 4.78. The average molecular weight is 300 g/mol. The van der Waals surface area contributed by atoms with Gasteiger partial charge >= 0.3 is 0 Å². The number of phenolic OH excluding ortho intramolecular Hbond substituents is 1. The van der Waals surface area contributed by atoms with Crippen LogP contribution in [0.15, 0.2) is 18.2 Å². The lowest BCUT2D eigenvalue weighted by atomic mass is 9.52. The van der Waals surface area contributed by atoms with Crippen molar-refractivity contribution in [2.75, 3.05) is 6.61 Å². The number of hydrogen-bond acceptors (Lipinski definition) is 2. The molecule has 2 N–H and O–H groups in total. The molecule has 120 valence electrons. The lowest BCUT2D eigenvalue weighted by Gasteiger charge is -2.53. The molecule has 2 aliphatic rings. The molecular formula is C20H28O2. The fraction of sp³-hybridized carbons (Fsp3) is 0.600. The molecule has 2 aliphatic carbocycles. The summed E-state index contributed by atoms with van der Waals surface area (Å²) in [5, 5.41) is 20.4. The van der Waals surface area contributed by atoms with E-state index >= 15 is 0 Å². The third-order valence-electron chi connectivity index (χ3n) is 6.15. The highest BCUT2D eigenvalue weighted by atomic mass is 16.3. The van der Waals surface area contributed by atoms with E-state index in [9.17, 15) is 10.2 Å². The van der Waals surface area contributed by atoms with Gasteiger partial charge in [-0.3, -0.25) is 0 Å². The first-order valence-corrected chi connectivity index (χ1v) is 8.48. The van der Waals surface area contributed by atoms with Gasteiger partial charge in [0.15, 0.2) is 0 Å². The Morgan fingerprint density at radius 2 is 1.95 bits per heavy atom. The predicted octanol–water partition coefficient (Wildman–Crippen LogP) is 4.60. The molecule has 0 aliphatic heterocycles. The van der Waals surface area contributed by atoms with E-state index in [0.29, 0.717) is 17.6 Å². The molecule has 0 radical (unpaired) electrons. The van der Waals surface area contributed by atoms with Crippen LogP contribution in [0.3, 0.4) is 0 Å². The van der Waals surface area contributed by atoms with Crippen molar-refractivity contribution < 1.29 is 10.2 Å². The Hall–Kier alpha value is -1.28. The SMILES string of the molecule is CC(C)c1cc2c(cc1O)[C@@]1(C)CCC[C@](C)(CO)[C@@H]1C=C2. The minimum Gasteiger partial charge on any atom is -0.508 e. The van der Waals surface area contributed by atoms with Crippen LogP contribution in [0.1, 0.15) is 69.6 Å². The van der Waals surface area contributed by atoms with E-state index in [2.05, 4.69) is 45.9 Å². The molecule has 22 heavy (non-hydrogen) atoms. The molecule has 0 bridgehead atoms. The van der Waals surface area contributed by atoms with Gasteiger partial charge in [-0.2, -0.15) is 0 Å². The van der Waals surface area contributed by atoms with E-state index < -0.39 is 0 Å². The molecule has 3 rings (SSSR count). The third-order valence-corrected chi connectivity index (χ3v) is 6.15. The molecule has 0 saturated heterocycles. The van der Waals surface area contributed by atoms with E-state index in [1.165, 1.54) is 11.1 Å². The zero-order valence-corrected chi connectivity index (χ0v) is 14.2. The van der Waals surface area contributed by atoms with Crippen LogP contribution in [0.5, 0.6) is 5.75 Å². The molecule has 1 fully saturated rings. The fourth-order valence-electron chi connectivity index (χ4n) is 4.78. The number of aromatic hydroxyl groups is 1. The van der Waals surface area contributed by atoms with Gasteiger partial charge < -0.3 is 10.2 Å². The molecule has 2 heteroatoms. The quantitative estimate of drug-likeness (QED) is 0.838. The van der Waals surface area contributed by atoms with Gasteiger partial charge in [0.05, 0.1) is 0 Å². The van der Waals surface area contributed by atoms with Crippen molar-refractivity contribution in [3.05, 3.63) is 34.9 Å². The number of hydrogen-bond donors (Lipinski definition) is 2. The van der Waals surface area contributed by atoms with Crippen LogP contribution >= 0.6 is 0 Å². The van der Waals surface area contributed by atoms with E-state index in [0.717, 1.165) is 24.8 Å². The van der Waals surface area contributed by atoms with E-state index in [-0.39, 0.29) is 17.4 Å². The topological polar surface area (TPSA) is 40.5 Å². The molecular weight excluding hydrogens is 272 g/mol. The predicted molar refractivity (Wildman–Crippen MR) is 91.1 cm³/mol. The first-order valence-electron chi connectivity index (χ1n) is 8.48. The molecule has 3 atom stereocenters. The standard InChI is InChI=1S/C20H28O2/c1-13(2)15-10-14-6-7-18-19(3,12-21)8-5-9-20(18,4)16(14)11-17(15)22/h6-7,10-11,13,18,21-22H,5,8-9,12H2,1-4H3/t18-,19+,20+/m0/s1. The summed E-state index contributed by atoms with van der Waals surface area (Å²) in [5.41, 5.74) is 3.45. The van der Waals surface area contributed by atoms with Crippen LogP contribution in [0.25, 0.3) is 6.08 Å². The monoisotopic (exact) mass is 300 g/mol. The Kier molecular flexibility index (Phi) is 3.64. The first kappa shape index (κ1) is 15.6. The highest BCUT2D eigenvalue weighted by molar-refractivity contribution is 5.64. The molecule has 0 aromatic heterocycles.